The van der Waals surface area contributed by atoms with E-state index in [1.165, 1.54) is 16.2 Å². The first kappa shape index (κ1) is 15.3. The summed E-state index contributed by atoms with van der Waals surface area (Å²) in [6, 6.07) is 8.86. The average Bonchev–Trinajstić information content (AvgIpc) is 2.88. The fourth-order valence-electron chi connectivity index (χ4n) is 2.09. The summed E-state index contributed by atoms with van der Waals surface area (Å²) < 4.78 is 0. The Bertz CT molecular complexity index is 677. The molecular formula is C16H18N2O2S. The largest absolute Gasteiger partial charge is 0.355 e. The van der Waals surface area contributed by atoms with E-state index in [4.69, 9.17) is 0 Å². The minimum atomic E-state index is -0.220. The summed E-state index contributed by atoms with van der Waals surface area (Å²) in [7, 11) is 1.57. The quantitative estimate of drug-likeness (QED) is 0.911. The van der Waals surface area contributed by atoms with Gasteiger partial charge in [-0.3, -0.25) is 9.59 Å². The Labute approximate surface area is 128 Å². The van der Waals surface area contributed by atoms with Gasteiger partial charge >= 0.3 is 0 Å². The first-order valence-corrected chi connectivity index (χ1v) is 7.60. The number of nitrogens with one attached hydrogen (secondary N) is 2. The smallest absolute Gasteiger partial charge is 0.265 e. The Morgan fingerprint density at radius 3 is 2.52 bits per heavy atom. The Balaban J connectivity index is 2.25. The third kappa shape index (κ3) is 3.31. The number of aryl methyl sites for hydroxylation is 2. The van der Waals surface area contributed by atoms with E-state index >= 15 is 0 Å². The number of amides is 2. The fraction of sp³-hybridized carbons (Fsp3) is 0.250. The molecule has 1 heterocycles. The fourth-order valence-corrected chi connectivity index (χ4v) is 3.10. The van der Waals surface area contributed by atoms with Crippen LogP contribution in [0.25, 0.3) is 0 Å². The Morgan fingerprint density at radius 1 is 1.19 bits per heavy atom. The van der Waals surface area contributed by atoms with Gasteiger partial charge in [0.1, 0.15) is 0 Å². The number of rotatable bonds is 4. The Morgan fingerprint density at radius 2 is 1.90 bits per heavy atom. The molecule has 0 aliphatic carbocycles. The van der Waals surface area contributed by atoms with E-state index in [-0.39, 0.29) is 11.8 Å². The molecule has 1 aromatic carbocycles. The number of hydrogen-bond donors (Lipinski definition) is 2. The van der Waals surface area contributed by atoms with Gasteiger partial charge in [-0.05, 0) is 37.1 Å². The second-order valence-corrected chi connectivity index (χ2v) is 5.79. The van der Waals surface area contributed by atoms with Crippen LogP contribution in [0.15, 0.2) is 30.3 Å². The van der Waals surface area contributed by atoms with Crippen LogP contribution < -0.4 is 10.6 Å². The number of thiophene rings is 1. The SMILES string of the molecule is CCc1sc(C(=O)Nc2ccccc2C(=O)NC)cc1C. The third-order valence-corrected chi connectivity index (χ3v) is 4.59. The summed E-state index contributed by atoms with van der Waals surface area (Å²) in [5.41, 5.74) is 2.11. The van der Waals surface area contributed by atoms with Crippen LogP contribution in [0.2, 0.25) is 0 Å². The van der Waals surface area contributed by atoms with Gasteiger partial charge in [0.25, 0.3) is 11.8 Å². The summed E-state index contributed by atoms with van der Waals surface area (Å²) in [6.45, 7) is 4.08. The molecule has 1 aromatic heterocycles. The van der Waals surface area contributed by atoms with Crippen LogP contribution >= 0.6 is 11.3 Å². The number of benzene rings is 1. The van der Waals surface area contributed by atoms with Crippen LogP contribution in [0.5, 0.6) is 0 Å². The molecule has 2 amide bonds. The molecule has 0 spiro atoms. The van der Waals surface area contributed by atoms with Gasteiger partial charge in [0.15, 0.2) is 0 Å². The molecule has 0 bridgehead atoms. The molecule has 110 valence electrons. The van der Waals surface area contributed by atoms with Crippen LogP contribution in [0.3, 0.4) is 0 Å². The normalized spacial score (nSPS) is 10.2. The van der Waals surface area contributed by atoms with E-state index < -0.39 is 0 Å². The average molecular weight is 302 g/mol. The summed E-state index contributed by atoms with van der Waals surface area (Å²) in [5, 5.41) is 5.39. The van der Waals surface area contributed by atoms with Gasteiger partial charge < -0.3 is 10.6 Å². The highest BCUT2D eigenvalue weighted by Crippen LogP contribution is 2.24. The first-order chi connectivity index (χ1) is 10.1. The second kappa shape index (κ2) is 6.54. The lowest BCUT2D eigenvalue weighted by Crippen LogP contribution is -2.21. The minimum Gasteiger partial charge on any atom is -0.355 e. The monoisotopic (exact) mass is 302 g/mol. The topological polar surface area (TPSA) is 58.2 Å². The highest BCUT2D eigenvalue weighted by Gasteiger charge is 2.15. The van der Waals surface area contributed by atoms with Crippen molar-refractivity contribution in [2.45, 2.75) is 20.3 Å². The van der Waals surface area contributed by atoms with Crippen molar-refractivity contribution < 1.29 is 9.59 Å². The van der Waals surface area contributed by atoms with E-state index in [1.807, 2.05) is 13.0 Å². The van der Waals surface area contributed by atoms with Gasteiger partial charge in [0, 0.05) is 11.9 Å². The number of carbonyl (C=O) groups excluding carboxylic acids is 2. The zero-order valence-corrected chi connectivity index (χ0v) is 13.1. The van der Waals surface area contributed by atoms with Crippen molar-refractivity contribution in [3.8, 4) is 0 Å². The second-order valence-electron chi connectivity index (χ2n) is 4.65. The summed E-state index contributed by atoms with van der Waals surface area (Å²) in [4.78, 5) is 26.0. The maximum Gasteiger partial charge on any atom is 0.265 e. The predicted octanol–water partition coefficient (Wildman–Crippen LogP) is 3.23. The molecule has 0 radical (unpaired) electrons. The van der Waals surface area contributed by atoms with E-state index in [0.29, 0.717) is 16.1 Å². The van der Waals surface area contributed by atoms with Crippen molar-refractivity contribution in [2.75, 3.05) is 12.4 Å². The van der Waals surface area contributed by atoms with Gasteiger partial charge in [0.05, 0.1) is 16.1 Å². The van der Waals surface area contributed by atoms with E-state index in [1.54, 1.807) is 31.3 Å². The van der Waals surface area contributed by atoms with Gasteiger partial charge in [-0.1, -0.05) is 19.1 Å². The molecule has 21 heavy (non-hydrogen) atoms. The maximum atomic E-state index is 12.3. The zero-order valence-electron chi connectivity index (χ0n) is 12.3. The van der Waals surface area contributed by atoms with Crippen LogP contribution in [-0.4, -0.2) is 18.9 Å². The van der Waals surface area contributed by atoms with Crippen molar-refractivity contribution in [1.82, 2.24) is 5.32 Å². The molecule has 0 unspecified atom stereocenters. The number of carbonyl (C=O) groups is 2. The molecule has 0 aliphatic heterocycles. The van der Waals surface area contributed by atoms with Gasteiger partial charge in [-0.25, -0.2) is 0 Å². The molecule has 4 nitrogen and oxygen atoms in total. The molecule has 2 aromatic rings. The lowest BCUT2D eigenvalue weighted by atomic mass is 10.1. The summed E-state index contributed by atoms with van der Waals surface area (Å²) in [5.74, 6) is -0.401. The van der Waals surface area contributed by atoms with Crippen molar-refractivity contribution >= 4 is 28.8 Å². The standard InChI is InChI=1S/C16H18N2O2S/c1-4-13-10(2)9-14(21-13)16(20)18-12-8-6-5-7-11(12)15(19)17-3/h5-9H,4H2,1-3H3,(H,17,19)(H,18,20). The molecule has 0 aliphatic rings. The number of hydrogen-bond acceptors (Lipinski definition) is 3. The van der Waals surface area contributed by atoms with Gasteiger partial charge in [-0.2, -0.15) is 0 Å². The highest BCUT2D eigenvalue weighted by molar-refractivity contribution is 7.14. The van der Waals surface area contributed by atoms with Crippen LogP contribution in [0.1, 0.15) is 37.4 Å². The highest BCUT2D eigenvalue weighted by atomic mass is 32.1. The van der Waals surface area contributed by atoms with Crippen LogP contribution in [-0.2, 0) is 6.42 Å². The molecule has 0 saturated carbocycles. The van der Waals surface area contributed by atoms with E-state index in [9.17, 15) is 9.59 Å². The van der Waals surface area contributed by atoms with Crippen LogP contribution in [0, 0.1) is 6.92 Å². The van der Waals surface area contributed by atoms with Crippen LogP contribution in [0.4, 0.5) is 5.69 Å². The molecule has 0 saturated heterocycles. The van der Waals surface area contributed by atoms with Crippen molar-refractivity contribution in [2.24, 2.45) is 0 Å². The minimum absolute atomic E-state index is 0.181. The van der Waals surface area contributed by atoms with Crippen molar-refractivity contribution in [3.05, 3.63) is 51.2 Å². The summed E-state index contributed by atoms with van der Waals surface area (Å²) >= 11 is 1.49. The number of anilines is 1. The first-order valence-electron chi connectivity index (χ1n) is 6.78. The molecule has 0 atom stereocenters. The zero-order chi connectivity index (χ0) is 15.4. The lowest BCUT2D eigenvalue weighted by Gasteiger charge is -2.09. The molecule has 5 heteroatoms. The summed E-state index contributed by atoms with van der Waals surface area (Å²) in [6.07, 6.45) is 0.915. The van der Waals surface area contributed by atoms with Gasteiger partial charge in [0.2, 0.25) is 0 Å². The molecule has 2 rings (SSSR count). The van der Waals surface area contributed by atoms with E-state index in [0.717, 1.165) is 12.0 Å². The van der Waals surface area contributed by atoms with Gasteiger partial charge in [-0.15, -0.1) is 11.3 Å². The third-order valence-electron chi connectivity index (χ3n) is 3.21. The Kier molecular flexibility index (Phi) is 4.75. The molecule has 2 N–H and O–H groups in total. The Hall–Kier alpha value is -2.14. The number of para-hydroxylation sites is 1. The lowest BCUT2D eigenvalue weighted by molar-refractivity contribution is 0.0964. The predicted molar refractivity (Wildman–Crippen MR) is 86.2 cm³/mol. The van der Waals surface area contributed by atoms with Crippen molar-refractivity contribution in [3.63, 3.8) is 0 Å². The van der Waals surface area contributed by atoms with E-state index in [2.05, 4.69) is 17.6 Å². The molecular weight excluding hydrogens is 284 g/mol. The molecule has 0 fully saturated rings. The maximum absolute atomic E-state index is 12.3. The van der Waals surface area contributed by atoms with Crippen molar-refractivity contribution in [1.29, 1.82) is 0 Å².